The summed E-state index contributed by atoms with van der Waals surface area (Å²) in [6.45, 7) is 4.42. The van der Waals surface area contributed by atoms with Crippen LogP contribution >= 0.6 is 0 Å². The summed E-state index contributed by atoms with van der Waals surface area (Å²) in [6.07, 6.45) is 3.45. The standard InChI is InChI=1S/C19H17FN4O/c1-12-9-14(7-8-21-12)17-10-22-24-13(2)11-23(19(25)18(17)24)16-5-3-15(20)4-6-16/h3-10,13H,11H2,1-2H3. The molecule has 0 spiro atoms. The summed E-state index contributed by atoms with van der Waals surface area (Å²) < 4.78 is 15.0. The zero-order valence-electron chi connectivity index (χ0n) is 14.0. The van der Waals surface area contributed by atoms with Gasteiger partial charge in [-0.1, -0.05) is 0 Å². The molecule has 4 rings (SSSR count). The fourth-order valence-corrected chi connectivity index (χ4v) is 3.23. The lowest BCUT2D eigenvalue weighted by Gasteiger charge is -2.32. The number of carbonyl (C=O) groups excluding carboxylic acids is 1. The predicted octanol–water partition coefficient (Wildman–Crippen LogP) is 3.61. The summed E-state index contributed by atoms with van der Waals surface area (Å²) >= 11 is 0. The molecule has 0 bridgehead atoms. The van der Waals surface area contributed by atoms with Crippen LogP contribution in [0.2, 0.25) is 0 Å². The van der Waals surface area contributed by atoms with E-state index in [0.717, 1.165) is 16.8 Å². The quantitative estimate of drug-likeness (QED) is 0.718. The van der Waals surface area contributed by atoms with E-state index >= 15 is 0 Å². The van der Waals surface area contributed by atoms with Crippen molar-refractivity contribution < 1.29 is 9.18 Å². The van der Waals surface area contributed by atoms with Gasteiger partial charge in [0.05, 0.1) is 12.2 Å². The Kier molecular flexibility index (Phi) is 3.60. The number of halogens is 1. The van der Waals surface area contributed by atoms with E-state index in [0.29, 0.717) is 17.9 Å². The molecule has 0 aliphatic carbocycles. The molecule has 1 aliphatic rings. The van der Waals surface area contributed by atoms with Gasteiger partial charge in [-0.15, -0.1) is 0 Å². The predicted molar refractivity (Wildman–Crippen MR) is 93.0 cm³/mol. The maximum Gasteiger partial charge on any atom is 0.277 e. The molecular formula is C19H17FN4O. The third kappa shape index (κ3) is 2.59. The van der Waals surface area contributed by atoms with Crippen molar-refractivity contribution in [3.63, 3.8) is 0 Å². The monoisotopic (exact) mass is 336 g/mol. The Labute approximate surface area is 144 Å². The fourth-order valence-electron chi connectivity index (χ4n) is 3.23. The van der Waals surface area contributed by atoms with E-state index in [2.05, 4.69) is 10.1 Å². The number of fused-ring (bicyclic) bond motifs is 1. The minimum atomic E-state index is -0.320. The van der Waals surface area contributed by atoms with Gasteiger partial charge in [-0.25, -0.2) is 4.39 Å². The molecule has 126 valence electrons. The molecule has 3 heterocycles. The number of pyridine rings is 1. The molecule has 1 aliphatic heterocycles. The lowest BCUT2D eigenvalue weighted by Crippen LogP contribution is -2.42. The lowest BCUT2D eigenvalue weighted by molar-refractivity contribution is 0.0954. The van der Waals surface area contributed by atoms with Crippen molar-refractivity contribution in [3.8, 4) is 11.1 Å². The Morgan fingerprint density at radius 2 is 1.96 bits per heavy atom. The topological polar surface area (TPSA) is 51.0 Å². The van der Waals surface area contributed by atoms with Crippen LogP contribution in [-0.4, -0.2) is 27.2 Å². The van der Waals surface area contributed by atoms with Gasteiger partial charge in [-0.3, -0.25) is 14.5 Å². The molecule has 0 N–H and O–H groups in total. The molecule has 0 saturated carbocycles. The largest absolute Gasteiger partial charge is 0.305 e. The highest BCUT2D eigenvalue weighted by atomic mass is 19.1. The average Bonchev–Trinajstić information content (AvgIpc) is 3.05. The first-order chi connectivity index (χ1) is 12.0. The fraction of sp³-hybridized carbons (Fsp3) is 0.211. The van der Waals surface area contributed by atoms with Gasteiger partial charge in [-0.05, 0) is 55.8 Å². The van der Waals surface area contributed by atoms with Gasteiger partial charge in [0, 0.05) is 29.7 Å². The Bertz CT molecular complexity index is 948. The molecule has 25 heavy (non-hydrogen) atoms. The summed E-state index contributed by atoms with van der Waals surface area (Å²) in [7, 11) is 0. The van der Waals surface area contributed by atoms with E-state index in [4.69, 9.17) is 0 Å². The number of amides is 1. The smallest absolute Gasteiger partial charge is 0.277 e. The van der Waals surface area contributed by atoms with E-state index < -0.39 is 0 Å². The van der Waals surface area contributed by atoms with E-state index in [1.807, 2.05) is 26.0 Å². The van der Waals surface area contributed by atoms with Crippen molar-refractivity contribution >= 4 is 11.6 Å². The number of rotatable bonds is 2. The first kappa shape index (κ1) is 15.5. The van der Waals surface area contributed by atoms with Crippen molar-refractivity contribution in [2.24, 2.45) is 0 Å². The number of hydrogen-bond donors (Lipinski definition) is 0. The minimum Gasteiger partial charge on any atom is -0.305 e. The van der Waals surface area contributed by atoms with Crippen molar-refractivity contribution in [2.75, 3.05) is 11.4 Å². The lowest BCUT2D eigenvalue weighted by atomic mass is 10.0. The van der Waals surface area contributed by atoms with Crippen molar-refractivity contribution in [3.05, 3.63) is 66.0 Å². The molecule has 5 nitrogen and oxygen atoms in total. The number of nitrogens with zero attached hydrogens (tertiary/aromatic N) is 4. The second kappa shape index (κ2) is 5.81. The van der Waals surface area contributed by atoms with E-state index in [-0.39, 0.29) is 17.8 Å². The summed E-state index contributed by atoms with van der Waals surface area (Å²) in [6, 6.07) is 9.82. The molecule has 0 radical (unpaired) electrons. The van der Waals surface area contributed by atoms with Gasteiger partial charge >= 0.3 is 0 Å². The third-order valence-corrected chi connectivity index (χ3v) is 4.45. The molecule has 3 aromatic rings. The van der Waals surface area contributed by atoms with Gasteiger partial charge in [0.15, 0.2) is 0 Å². The van der Waals surface area contributed by atoms with Gasteiger partial charge in [-0.2, -0.15) is 5.10 Å². The summed E-state index contributed by atoms with van der Waals surface area (Å²) in [5, 5.41) is 4.43. The Balaban J connectivity index is 1.81. The van der Waals surface area contributed by atoms with Crippen LogP contribution in [-0.2, 0) is 0 Å². The number of aryl methyl sites for hydroxylation is 1. The number of hydrogen-bond acceptors (Lipinski definition) is 3. The average molecular weight is 336 g/mol. The van der Waals surface area contributed by atoms with Crippen LogP contribution in [0.15, 0.2) is 48.8 Å². The van der Waals surface area contributed by atoms with E-state index in [9.17, 15) is 9.18 Å². The zero-order chi connectivity index (χ0) is 17.6. The number of carbonyl (C=O) groups is 1. The second-order valence-electron chi connectivity index (χ2n) is 6.28. The van der Waals surface area contributed by atoms with Crippen LogP contribution in [0.1, 0.15) is 29.1 Å². The van der Waals surface area contributed by atoms with Crippen molar-refractivity contribution in [2.45, 2.75) is 19.9 Å². The third-order valence-electron chi connectivity index (χ3n) is 4.45. The molecule has 0 saturated heterocycles. The van der Waals surface area contributed by atoms with Crippen LogP contribution in [0.3, 0.4) is 0 Å². The summed E-state index contributed by atoms with van der Waals surface area (Å²) in [4.78, 5) is 19.0. The highest BCUT2D eigenvalue weighted by Crippen LogP contribution is 2.32. The van der Waals surface area contributed by atoms with Crippen LogP contribution in [0.5, 0.6) is 0 Å². The highest BCUT2D eigenvalue weighted by molar-refractivity contribution is 6.09. The van der Waals surface area contributed by atoms with Gasteiger partial charge in [0.25, 0.3) is 5.91 Å². The van der Waals surface area contributed by atoms with Crippen molar-refractivity contribution in [1.29, 1.82) is 0 Å². The summed E-state index contributed by atoms with van der Waals surface area (Å²) in [5.41, 5.74) is 3.81. The molecule has 1 amide bonds. The molecule has 6 heteroatoms. The molecule has 1 aromatic carbocycles. The molecule has 1 unspecified atom stereocenters. The van der Waals surface area contributed by atoms with Crippen LogP contribution < -0.4 is 4.90 Å². The van der Waals surface area contributed by atoms with Gasteiger partial charge in [0.2, 0.25) is 0 Å². The van der Waals surface area contributed by atoms with Crippen LogP contribution in [0.4, 0.5) is 10.1 Å². The normalized spacial score (nSPS) is 16.8. The Hall–Kier alpha value is -3.02. The highest BCUT2D eigenvalue weighted by Gasteiger charge is 2.33. The molecule has 2 aromatic heterocycles. The second-order valence-corrected chi connectivity index (χ2v) is 6.28. The number of anilines is 1. The van der Waals surface area contributed by atoms with Gasteiger partial charge < -0.3 is 4.90 Å². The van der Waals surface area contributed by atoms with Crippen LogP contribution in [0.25, 0.3) is 11.1 Å². The number of aromatic nitrogens is 3. The molecule has 0 fully saturated rings. The molecular weight excluding hydrogens is 319 g/mol. The maximum absolute atomic E-state index is 13.2. The van der Waals surface area contributed by atoms with Gasteiger partial charge in [0.1, 0.15) is 11.5 Å². The van der Waals surface area contributed by atoms with Crippen molar-refractivity contribution in [1.82, 2.24) is 14.8 Å². The van der Waals surface area contributed by atoms with Crippen LogP contribution in [0, 0.1) is 12.7 Å². The molecule has 1 atom stereocenters. The first-order valence-electron chi connectivity index (χ1n) is 8.12. The minimum absolute atomic E-state index is 0.0226. The first-order valence-corrected chi connectivity index (χ1v) is 8.12. The maximum atomic E-state index is 13.2. The number of benzene rings is 1. The SMILES string of the molecule is Cc1cc(-c2cnn3c2C(=O)N(c2ccc(F)cc2)CC3C)ccn1. The van der Waals surface area contributed by atoms with E-state index in [1.54, 1.807) is 34.1 Å². The Morgan fingerprint density at radius 3 is 2.68 bits per heavy atom. The zero-order valence-corrected chi connectivity index (χ0v) is 14.0. The Morgan fingerprint density at radius 1 is 1.20 bits per heavy atom. The van der Waals surface area contributed by atoms with E-state index in [1.165, 1.54) is 12.1 Å². The summed E-state index contributed by atoms with van der Waals surface area (Å²) in [5.74, 6) is -0.453.